The number of carbonyl (C=O) groups excluding carboxylic acids is 1. The van der Waals surface area contributed by atoms with Crippen LogP contribution in [0.2, 0.25) is 0 Å². The molecule has 0 spiro atoms. The van der Waals surface area contributed by atoms with E-state index in [1.54, 1.807) is 18.2 Å². The Morgan fingerprint density at radius 1 is 0.968 bits per heavy atom. The van der Waals surface area contributed by atoms with Crippen molar-refractivity contribution in [3.8, 4) is 0 Å². The molecule has 1 amide bonds. The number of ether oxygens (including phenoxy) is 1. The Hall–Kier alpha value is -1.48. The Morgan fingerprint density at radius 2 is 1.65 bits per heavy atom. The summed E-state index contributed by atoms with van der Waals surface area (Å²) >= 11 is 0. The summed E-state index contributed by atoms with van der Waals surface area (Å²) in [5.74, 6) is -0.194. The third-order valence-corrected chi connectivity index (χ3v) is 8.99. The summed E-state index contributed by atoms with van der Waals surface area (Å²) in [6, 6.07) is 6.43. The normalized spacial score (nSPS) is 23.4. The number of sulfonamides is 1. The van der Waals surface area contributed by atoms with Gasteiger partial charge in [0.25, 0.3) is 5.91 Å². The molecule has 0 bridgehead atoms. The molecule has 7 nitrogen and oxygen atoms in total. The summed E-state index contributed by atoms with van der Waals surface area (Å²) in [5, 5.41) is 3.16. The molecule has 1 aromatic rings. The van der Waals surface area contributed by atoms with Gasteiger partial charge >= 0.3 is 0 Å². The van der Waals surface area contributed by atoms with Gasteiger partial charge in [-0.3, -0.25) is 9.69 Å². The van der Waals surface area contributed by atoms with E-state index in [1.165, 1.54) is 48.9 Å². The first-order valence-corrected chi connectivity index (χ1v) is 13.2. The summed E-state index contributed by atoms with van der Waals surface area (Å²) in [5.41, 5.74) is 0.449. The maximum atomic E-state index is 13.0. The van der Waals surface area contributed by atoms with E-state index in [9.17, 15) is 13.2 Å². The van der Waals surface area contributed by atoms with Gasteiger partial charge in [0, 0.05) is 30.7 Å². The minimum Gasteiger partial charge on any atom is -0.379 e. The molecule has 1 saturated carbocycles. The van der Waals surface area contributed by atoms with Crippen LogP contribution in [0.5, 0.6) is 0 Å². The topological polar surface area (TPSA) is 79.0 Å². The van der Waals surface area contributed by atoms with Crippen LogP contribution in [0, 0.1) is 0 Å². The molecule has 2 heterocycles. The zero-order valence-corrected chi connectivity index (χ0v) is 19.2. The fraction of sp³-hybridized carbons (Fsp3) is 0.696. The SMILES string of the molecule is O=C(NCC1(N2CCCCC2)CCCCC1)c1cccc(S(=O)(=O)N2CCOCC2)c1. The van der Waals surface area contributed by atoms with Crippen molar-refractivity contribution in [2.24, 2.45) is 0 Å². The van der Waals surface area contributed by atoms with Crippen molar-refractivity contribution in [3.05, 3.63) is 29.8 Å². The van der Waals surface area contributed by atoms with E-state index < -0.39 is 10.0 Å². The number of piperidine rings is 1. The lowest BCUT2D eigenvalue weighted by atomic mass is 9.79. The van der Waals surface area contributed by atoms with Crippen molar-refractivity contribution in [2.75, 3.05) is 45.9 Å². The molecule has 1 aliphatic carbocycles. The summed E-state index contributed by atoms with van der Waals surface area (Å²) in [7, 11) is -3.62. The third-order valence-electron chi connectivity index (χ3n) is 7.09. The van der Waals surface area contributed by atoms with Crippen LogP contribution in [0.1, 0.15) is 61.7 Å². The average molecular weight is 450 g/mol. The predicted molar refractivity (Wildman–Crippen MR) is 120 cm³/mol. The first-order valence-electron chi connectivity index (χ1n) is 11.7. The second kappa shape index (κ2) is 9.98. The standard InChI is InChI=1S/C23H35N3O4S/c27-22(24-19-23(10-3-1-4-11-23)25-12-5-2-6-13-25)20-8-7-9-21(18-20)31(28,29)26-14-16-30-17-15-26/h7-9,18H,1-6,10-17,19H2,(H,24,27). The summed E-state index contributed by atoms with van der Waals surface area (Å²) in [4.78, 5) is 15.8. The highest BCUT2D eigenvalue weighted by atomic mass is 32.2. The van der Waals surface area contributed by atoms with Crippen molar-refractivity contribution < 1.29 is 17.9 Å². The number of carbonyl (C=O) groups is 1. The third kappa shape index (κ3) is 5.13. The lowest BCUT2D eigenvalue weighted by molar-refractivity contribution is 0.0326. The van der Waals surface area contributed by atoms with Crippen LogP contribution in [0.4, 0.5) is 0 Å². The number of morpholine rings is 1. The van der Waals surface area contributed by atoms with E-state index in [1.807, 2.05) is 0 Å². The number of likely N-dealkylation sites (tertiary alicyclic amines) is 1. The Kier molecular flexibility index (Phi) is 7.31. The Bertz CT molecular complexity index is 855. The highest BCUT2D eigenvalue weighted by molar-refractivity contribution is 7.89. The van der Waals surface area contributed by atoms with Crippen molar-refractivity contribution in [2.45, 2.75) is 61.8 Å². The fourth-order valence-electron chi connectivity index (χ4n) is 5.26. The molecule has 2 saturated heterocycles. The van der Waals surface area contributed by atoms with E-state index >= 15 is 0 Å². The maximum Gasteiger partial charge on any atom is 0.251 e. The molecular weight excluding hydrogens is 414 g/mol. The monoisotopic (exact) mass is 449 g/mol. The number of rotatable bonds is 6. The zero-order chi connectivity index (χ0) is 21.7. The quantitative estimate of drug-likeness (QED) is 0.722. The summed E-state index contributed by atoms with van der Waals surface area (Å²) < 4.78 is 32.6. The number of amides is 1. The van der Waals surface area contributed by atoms with E-state index in [0.717, 1.165) is 25.9 Å². The summed E-state index contributed by atoms with van der Waals surface area (Å²) in [6.07, 6.45) is 9.69. The van der Waals surface area contributed by atoms with E-state index in [0.29, 0.717) is 38.4 Å². The smallest absolute Gasteiger partial charge is 0.251 e. The number of nitrogens with one attached hydrogen (secondary N) is 1. The van der Waals surface area contributed by atoms with Crippen LogP contribution in [-0.4, -0.2) is 75.0 Å². The molecule has 172 valence electrons. The fourth-order valence-corrected chi connectivity index (χ4v) is 6.72. The molecule has 8 heteroatoms. The molecule has 1 aromatic carbocycles. The van der Waals surface area contributed by atoms with Gasteiger partial charge in [0.05, 0.1) is 18.1 Å². The Balaban J connectivity index is 1.46. The molecule has 0 atom stereocenters. The van der Waals surface area contributed by atoms with Gasteiger partial charge in [0.2, 0.25) is 10.0 Å². The molecule has 4 rings (SSSR count). The van der Waals surface area contributed by atoms with Crippen LogP contribution in [0.3, 0.4) is 0 Å². The van der Waals surface area contributed by atoms with Gasteiger partial charge in [-0.1, -0.05) is 31.7 Å². The lowest BCUT2D eigenvalue weighted by Crippen LogP contribution is -2.58. The summed E-state index contributed by atoms with van der Waals surface area (Å²) in [6.45, 7) is 4.35. The van der Waals surface area contributed by atoms with Crippen LogP contribution >= 0.6 is 0 Å². The minimum absolute atomic E-state index is 0.0474. The maximum absolute atomic E-state index is 13.0. The Morgan fingerprint density at radius 3 is 2.35 bits per heavy atom. The second-order valence-electron chi connectivity index (χ2n) is 9.06. The van der Waals surface area contributed by atoms with Crippen LogP contribution in [-0.2, 0) is 14.8 Å². The highest BCUT2D eigenvalue weighted by Crippen LogP contribution is 2.35. The van der Waals surface area contributed by atoms with Gasteiger partial charge in [-0.15, -0.1) is 0 Å². The number of nitrogens with zero attached hydrogens (tertiary/aromatic N) is 2. The molecule has 0 unspecified atom stereocenters. The van der Waals surface area contributed by atoms with Crippen LogP contribution in [0.25, 0.3) is 0 Å². The van der Waals surface area contributed by atoms with Gasteiger partial charge in [-0.25, -0.2) is 8.42 Å². The van der Waals surface area contributed by atoms with Gasteiger partial charge in [0.1, 0.15) is 0 Å². The van der Waals surface area contributed by atoms with Gasteiger partial charge in [-0.2, -0.15) is 4.31 Å². The molecule has 31 heavy (non-hydrogen) atoms. The van der Waals surface area contributed by atoms with Gasteiger partial charge in [0.15, 0.2) is 0 Å². The minimum atomic E-state index is -3.62. The predicted octanol–water partition coefficient (Wildman–Crippen LogP) is 2.63. The van der Waals surface area contributed by atoms with Crippen molar-refractivity contribution in [1.82, 2.24) is 14.5 Å². The highest BCUT2D eigenvalue weighted by Gasteiger charge is 2.38. The van der Waals surface area contributed by atoms with E-state index in [4.69, 9.17) is 4.74 Å². The second-order valence-corrected chi connectivity index (χ2v) is 11.0. The lowest BCUT2D eigenvalue weighted by Gasteiger charge is -2.48. The molecule has 3 aliphatic rings. The Labute approximate surface area is 186 Å². The molecule has 1 N–H and O–H groups in total. The molecule has 0 radical (unpaired) electrons. The molecule has 3 fully saturated rings. The van der Waals surface area contributed by atoms with E-state index in [-0.39, 0.29) is 16.3 Å². The number of hydrogen-bond acceptors (Lipinski definition) is 5. The van der Waals surface area contributed by atoms with E-state index in [2.05, 4.69) is 10.2 Å². The largest absolute Gasteiger partial charge is 0.379 e. The first kappa shape index (κ1) is 22.7. The first-order chi connectivity index (χ1) is 15.0. The van der Waals surface area contributed by atoms with Gasteiger partial charge in [-0.05, 0) is 57.0 Å². The molecule has 2 aliphatic heterocycles. The van der Waals surface area contributed by atoms with Gasteiger partial charge < -0.3 is 10.1 Å². The van der Waals surface area contributed by atoms with Crippen molar-refractivity contribution in [3.63, 3.8) is 0 Å². The zero-order valence-electron chi connectivity index (χ0n) is 18.4. The molecule has 0 aromatic heterocycles. The van der Waals surface area contributed by atoms with Crippen LogP contribution in [0.15, 0.2) is 29.2 Å². The van der Waals surface area contributed by atoms with Crippen LogP contribution < -0.4 is 5.32 Å². The average Bonchev–Trinajstić information content (AvgIpc) is 2.84. The number of benzene rings is 1. The molecular formula is C23H35N3O4S. The van der Waals surface area contributed by atoms with Crippen molar-refractivity contribution in [1.29, 1.82) is 0 Å². The van der Waals surface area contributed by atoms with Crippen molar-refractivity contribution >= 4 is 15.9 Å². The number of hydrogen-bond donors (Lipinski definition) is 1.